The fourth-order valence-electron chi connectivity index (χ4n) is 2.12. The Labute approximate surface area is 115 Å². The van der Waals surface area contributed by atoms with Crippen LogP contribution in [0.4, 0.5) is 0 Å². The summed E-state index contributed by atoms with van der Waals surface area (Å²) < 4.78 is 5.84. The highest BCUT2D eigenvalue weighted by Crippen LogP contribution is 2.19. The molecule has 2 rings (SSSR count). The molecule has 0 saturated heterocycles. The molecule has 0 atom stereocenters. The van der Waals surface area contributed by atoms with E-state index in [1.54, 1.807) is 0 Å². The number of benzene rings is 2. The second-order valence-corrected chi connectivity index (χ2v) is 4.72. The molecule has 0 aromatic heterocycles. The van der Waals surface area contributed by atoms with Gasteiger partial charge in [0.15, 0.2) is 0 Å². The molecule has 100 valence electrons. The Morgan fingerprint density at radius 2 is 1.74 bits per heavy atom. The zero-order chi connectivity index (χ0) is 13.5. The molecule has 0 saturated carbocycles. The first-order valence-electron chi connectivity index (χ1n) is 6.76. The summed E-state index contributed by atoms with van der Waals surface area (Å²) in [5.41, 5.74) is 9.32. The van der Waals surface area contributed by atoms with E-state index in [1.807, 2.05) is 12.1 Å². The first-order chi connectivity index (χ1) is 9.29. The normalized spacial score (nSPS) is 10.4. The molecule has 0 aliphatic carbocycles. The Morgan fingerprint density at radius 1 is 0.947 bits per heavy atom. The van der Waals surface area contributed by atoms with Crippen LogP contribution in [0, 0.1) is 6.92 Å². The molecule has 0 bridgehead atoms. The van der Waals surface area contributed by atoms with Gasteiger partial charge < -0.3 is 10.5 Å². The number of aryl methyl sites for hydroxylation is 1. The minimum atomic E-state index is 0.688. The Balaban J connectivity index is 1.89. The maximum absolute atomic E-state index is 5.84. The first-order valence-corrected chi connectivity index (χ1v) is 6.76. The van der Waals surface area contributed by atoms with Crippen molar-refractivity contribution >= 4 is 0 Å². The fraction of sp³-hybridized carbons (Fsp3) is 0.294. The lowest BCUT2D eigenvalue weighted by molar-refractivity contribution is 0.319. The molecule has 2 aromatic rings. The van der Waals surface area contributed by atoms with Crippen molar-refractivity contribution in [2.24, 2.45) is 5.73 Å². The van der Waals surface area contributed by atoms with Crippen LogP contribution in [-0.4, -0.2) is 13.2 Å². The van der Waals surface area contributed by atoms with E-state index in [2.05, 4.69) is 43.3 Å². The molecule has 0 spiro atoms. The van der Waals surface area contributed by atoms with Gasteiger partial charge in [-0.3, -0.25) is 0 Å². The molecule has 0 heterocycles. The molecule has 0 aliphatic rings. The van der Waals surface area contributed by atoms with E-state index < -0.39 is 0 Å². The van der Waals surface area contributed by atoms with Crippen LogP contribution in [0.1, 0.15) is 16.7 Å². The van der Waals surface area contributed by atoms with Gasteiger partial charge in [0.05, 0.1) is 6.61 Å². The van der Waals surface area contributed by atoms with Gasteiger partial charge in [0, 0.05) is 6.42 Å². The van der Waals surface area contributed by atoms with Gasteiger partial charge in [0.2, 0.25) is 0 Å². The summed E-state index contributed by atoms with van der Waals surface area (Å²) in [5.74, 6) is 0.969. The highest BCUT2D eigenvalue weighted by molar-refractivity contribution is 5.36. The minimum Gasteiger partial charge on any atom is -0.493 e. The topological polar surface area (TPSA) is 35.2 Å². The fourth-order valence-corrected chi connectivity index (χ4v) is 2.12. The summed E-state index contributed by atoms with van der Waals surface area (Å²) in [5, 5.41) is 0. The van der Waals surface area contributed by atoms with E-state index in [-0.39, 0.29) is 0 Å². The van der Waals surface area contributed by atoms with Gasteiger partial charge >= 0.3 is 0 Å². The zero-order valence-corrected chi connectivity index (χ0v) is 11.4. The summed E-state index contributed by atoms with van der Waals surface area (Å²) in [6, 6.07) is 16.7. The van der Waals surface area contributed by atoms with Gasteiger partial charge in [-0.15, -0.1) is 0 Å². The predicted octanol–water partition coefficient (Wildman–Crippen LogP) is 3.12. The third kappa shape index (κ3) is 4.11. The summed E-state index contributed by atoms with van der Waals surface area (Å²) in [6.45, 7) is 3.48. The third-order valence-electron chi connectivity index (χ3n) is 3.16. The van der Waals surface area contributed by atoms with Crippen LogP contribution in [0.5, 0.6) is 5.75 Å². The Hall–Kier alpha value is -1.80. The Bertz CT molecular complexity index is 508. The number of nitrogens with two attached hydrogens (primary N) is 1. The van der Waals surface area contributed by atoms with Crippen molar-refractivity contribution in [1.29, 1.82) is 0 Å². The maximum Gasteiger partial charge on any atom is 0.122 e. The van der Waals surface area contributed by atoms with Gasteiger partial charge in [-0.05, 0) is 42.6 Å². The van der Waals surface area contributed by atoms with Gasteiger partial charge in [0.25, 0.3) is 0 Å². The standard InChI is InChI=1S/C17H21NO/c1-14-13-16(9-11-18)7-8-17(14)19-12-10-15-5-3-2-4-6-15/h2-8,13H,9-12,18H2,1H3. The molecule has 0 aliphatic heterocycles. The number of rotatable bonds is 6. The lowest BCUT2D eigenvalue weighted by Gasteiger charge is -2.10. The van der Waals surface area contributed by atoms with Crippen molar-refractivity contribution in [2.45, 2.75) is 19.8 Å². The molecule has 19 heavy (non-hydrogen) atoms. The summed E-state index contributed by atoms with van der Waals surface area (Å²) in [6.07, 6.45) is 1.86. The molecular weight excluding hydrogens is 234 g/mol. The van der Waals surface area contributed by atoms with Crippen LogP contribution in [0.2, 0.25) is 0 Å². The summed E-state index contributed by atoms with van der Waals surface area (Å²) in [4.78, 5) is 0. The van der Waals surface area contributed by atoms with E-state index in [0.29, 0.717) is 13.2 Å². The highest BCUT2D eigenvalue weighted by Gasteiger charge is 2.01. The van der Waals surface area contributed by atoms with Crippen LogP contribution in [0.15, 0.2) is 48.5 Å². The molecular formula is C17H21NO. The number of hydrogen-bond acceptors (Lipinski definition) is 2. The molecule has 2 heteroatoms. The van der Waals surface area contributed by atoms with Crippen molar-refractivity contribution in [3.63, 3.8) is 0 Å². The van der Waals surface area contributed by atoms with Crippen LogP contribution >= 0.6 is 0 Å². The van der Waals surface area contributed by atoms with E-state index in [0.717, 1.165) is 18.6 Å². The average molecular weight is 255 g/mol. The van der Waals surface area contributed by atoms with Gasteiger partial charge in [-0.25, -0.2) is 0 Å². The summed E-state index contributed by atoms with van der Waals surface area (Å²) >= 11 is 0. The van der Waals surface area contributed by atoms with Crippen LogP contribution in [0.25, 0.3) is 0 Å². The lowest BCUT2D eigenvalue weighted by atomic mass is 10.1. The van der Waals surface area contributed by atoms with Gasteiger partial charge in [-0.1, -0.05) is 42.5 Å². The molecule has 2 aromatic carbocycles. The Morgan fingerprint density at radius 3 is 2.42 bits per heavy atom. The Kier molecular flexibility index (Phi) is 4.99. The van der Waals surface area contributed by atoms with E-state index in [1.165, 1.54) is 16.7 Å². The minimum absolute atomic E-state index is 0.688. The molecule has 0 radical (unpaired) electrons. The van der Waals surface area contributed by atoms with Crippen molar-refractivity contribution in [2.75, 3.05) is 13.2 Å². The first kappa shape index (κ1) is 13.6. The van der Waals surface area contributed by atoms with E-state index in [9.17, 15) is 0 Å². The monoisotopic (exact) mass is 255 g/mol. The zero-order valence-electron chi connectivity index (χ0n) is 11.4. The van der Waals surface area contributed by atoms with Crippen LogP contribution < -0.4 is 10.5 Å². The quantitative estimate of drug-likeness (QED) is 0.860. The molecule has 0 fully saturated rings. The largest absolute Gasteiger partial charge is 0.493 e. The third-order valence-corrected chi connectivity index (χ3v) is 3.16. The second-order valence-electron chi connectivity index (χ2n) is 4.72. The van der Waals surface area contributed by atoms with Crippen molar-refractivity contribution in [3.8, 4) is 5.75 Å². The molecule has 0 amide bonds. The SMILES string of the molecule is Cc1cc(CCN)ccc1OCCc1ccccc1. The number of hydrogen-bond donors (Lipinski definition) is 1. The van der Waals surface area contributed by atoms with Crippen LogP contribution in [-0.2, 0) is 12.8 Å². The lowest BCUT2D eigenvalue weighted by Crippen LogP contribution is -2.05. The van der Waals surface area contributed by atoms with Crippen molar-refractivity contribution in [1.82, 2.24) is 0 Å². The molecule has 2 N–H and O–H groups in total. The molecule has 0 unspecified atom stereocenters. The second kappa shape index (κ2) is 6.95. The predicted molar refractivity (Wildman–Crippen MR) is 79.6 cm³/mol. The van der Waals surface area contributed by atoms with E-state index in [4.69, 9.17) is 10.5 Å². The van der Waals surface area contributed by atoms with Crippen molar-refractivity contribution < 1.29 is 4.74 Å². The summed E-state index contributed by atoms with van der Waals surface area (Å²) in [7, 11) is 0. The maximum atomic E-state index is 5.84. The number of ether oxygens (including phenoxy) is 1. The van der Waals surface area contributed by atoms with Gasteiger partial charge in [0.1, 0.15) is 5.75 Å². The van der Waals surface area contributed by atoms with Gasteiger partial charge in [-0.2, -0.15) is 0 Å². The van der Waals surface area contributed by atoms with Crippen LogP contribution in [0.3, 0.4) is 0 Å². The highest BCUT2D eigenvalue weighted by atomic mass is 16.5. The molecule has 2 nitrogen and oxygen atoms in total. The smallest absolute Gasteiger partial charge is 0.122 e. The average Bonchev–Trinajstić information content (AvgIpc) is 2.43. The van der Waals surface area contributed by atoms with E-state index >= 15 is 0 Å². The van der Waals surface area contributed by atoms with Crippen molar-refractivity contribution in [3.05, 3.63) is 65.2 Å².